The Kier molecular flexibility index (Phi) is 12.4. The van der Waals surface area contributed by atoms with Crippen molar-refractivity contribution in [1.82, 2.24) is 0 Å². The summed E-state index contributed by atoms with van der Waals surface area (Å²) in [6, 6.07) is 47.0. The molecule has 10 heteroatoms. The molecule has 0 fully saturated rings. The number of anilines is 2. The maximum Gasteiger partial charge on any atom is 0.264 e. The molecule has 54 heavy (non-hydrogen) atoms. The molecule has 0 amide bonds. The SMILES string of the molecule is Cc1ccc(S(=O)(=O)N(Cc2ccccc2)c2ccccc2OCCCCOc2ccccc2N(Cc2ccccc2)S(=O)(=O)c2ccc(C)cc2)cc1. The van der Waals surface area contributed by atoms with Crippen LogP contribution in [0.3, 0.4) is 0 Å². The quantitative estimate of drug-likeness (QED) is 0.0861. The zero-order valence-electron chi connectivity index (χ0n) is 30.4. The van der Waals surface area contributed by atoms with E-state index in [0.717, 1.165) is 22.3 Å². The zero-order valence-corrected chi connectivity index (χ0v) is 32.0. The summed E-state index contributed by atoms with van der Waals surface area (Å²) in [5.74, 6) is 0.904. The average Bonchev–Trinajstić information content (AvgIpc) is 3.19. The number of ether oxygens (including phenoxy) is 2. The second-order valence-corrected chi connectivity index (χ2v) is 16.7. The molecule has 0 aliphatic rings. The molecule has 8 nitrogen and oxygen atoms in total. The number of sulfonamides is 2. The molecular formula is C44H44N2O6S2. The van der Waals surface area contributed by atoms with Gasteiger partial charge in [0.2, 0.25) is 0 Å². The standard InChI is InChI=1S/C44H44N2O6S2/c1-35-23-27-39(28-24-35)53(47,48)45(33-37-15-5-3-6-16-37)41-19-9-11-21-43(41)51-31-13-14-32-52-44-22-12-10-20-42(44)46(34-38-17-7-4-8-18-38)54(49,50)40-29-25-36(2)26-30-40/h3-12,15-30H,13-14,31-34H2,1-2H3. The van der Waals surface area contributed by atoms with Gasteiger partial charge < -0.3 is 9.47 Å². The van der Waals surface area contributed by atoms with Gasteiger partial charge in [0.1, 0.15) is 11.5 Å². The number of benzene rings is 6. The highest BCUT2D eigenvalue weighted by molar-refractivity contribution is 7.93. The lowest BCUT2D eigenvalue weighted by Gasteiger charge is -2.27. The highest BCUT2D eigenvalue weighted by atomic mass is 32.2. The van der Waals surface area contributed by atoms with Crippen LogP contribution in [0.5, 0.6) is 11.5 Å². The van der Waals surface area contributed by atoms with Gasteiger partial charge in [-0.3, -0.25) is 8.61 Å². The Morgan fingerprint density at radius 1 is 0.426 bits per heavy atom. The van der Waals surface area contributed by atoms with Crippen molar-refractivity contribution in [3.63, 3.8) is 0 Å². The van der Waals surface area contributed by atoms with Crippen LogP contribution < -0.4 is 18.1 Å². The third-order valence-electron chi connectivity index (χ3n) is 8.88. The molecule has 6 aromatic rings. The molecule has 0 aromatic heterocycles. The minimum Gasteiger partial charge on any atom is -0.491 e. The Morgan fingerprint density at radius 2 is 0.759 bits per heavy atom. The number of hydrogen-bond donors (Lipinski definition) is 0. The highest BCUT2D eigenvalue weighted by Crippen LogP contribution is 2.36. The molecule has 0 N–H and O–H groups in total. The van der Waals surface area contributed by atoms with Crippen LogP contribution in [0, 0.1) is 13.8 Å². The maximum absolute atomic E-state index is 14.1. The largest absolute Gasteiger partial charge is 0.491 e. The fourth-order valence-electron chi connectivity index (χ4n) is 5.91. The second kappa shape index (κ2) is 17.5. The van der Waals surface area contributed by atoms with E-state index in [1.54, 1.807) is 84.9 Å². The Hall–Kier alpha value is -5.58. The van der Waals surface area contributed by atoms with Crippen molar-refractivity contribution in [2.75, 3.05) is 21.8 Å². The zero-order chi connectivity index (χ0) is 38.0. The van der Waals surface area contributed by atoms with Gasteiger partial charge in [-0.1, -0.05) is 120 Å². The van der Waals surface area contributed by atoms with Crippen LogP contribution in [0.25, 0.3) is 0 Å². The van der Waals surface area contributed by atoms with Crippen LogP contribution in [0.2, 0.25) is 0 Å². The molecule has 0 atom stereocenters. The van der Waals surface area contributed by atoms with Gasteiger partial charge in [-0.2, -0.15) is 0 Å². The summed E-state index contributed by atoms with van der Waals surface area (Å²) in [6.07, 6.45) is 1.21. The van der Waals surface area contributed by atoms with Crippen LogP contribution in [-0.4, -0.2) is 30.0 Å². The van der Waals surface area contributed by atoms with E-state index in [4.69, 9.17) is 9.47 Å². The lowest BCUT2D eigenvalue weighted by atomic mass is 10.2. The summed E-state index contributed by atoms with van der Waals surface area (Å²) in [7, 11) is -7.87. The van der Waals surface area contributed by atoms with E-state index in [1.807, 2.05) is 86.6 Å². The van der Waals surface area contributed by atoms with Crippen molar-refractivity contribution in [2.45, 2.75) is 49.6 Å². The van der Waals surface area contributed by atoms with Gasteiger partial charge in [0.25, 0.3) is 20.0 Å². The molecule has 0 bridgehead atoms. The number of hydrogen-bond acceptors (Lipinski definition) is 6. The van der Waals surface area contributed by atoms with Crippen molar-refractivity contribution in [1.29, 1.82) is 0 Å². The van der Waals surface area contributed by atoms with Gasteiger partial charge in [0, 0.05) is 0 Å². The number of aryl methyl sites for hydroxylation is 2. The van der Waals surface area contributed by atoms with Gasteiger partial charge in [0.05, 0.1) is 47.5 Å². The average molecular weight is 761 g/mol. The van der Waals surface area contributed by atoms with E-state index in [-0.39, 0.29) is 22.9 Å². The Morgan fingerprint density at radius 3 is 1.13 bits per heavy atom. The van der Waals surface area contributed by atoms with Gasteiger partial charge in [0.15, 0.2) is 0 Å². The first-order valence-corrected chi connectivity index (χ1v) is 20.7. The Bertz CT molecular complexity index is 2170. The molecule has 278 valence electrons. The van der Waals surface area contributed by atoms with Gasteiger partial charge in [-0.05, 0) is 86.3 Å². The van der Waals surface area contributed by atoms with E-state index in [2.05, 4.69) is 0 Å². The molecule has 0 heterocycles. The van der Waals surface area contributed by atoms with Crippen LogP contribution in [-0.2, 0) is 33.1 Å². The predicted octanol–water partition coefficient (Wildman–Crippen LogP) is 9.33. The van der Waals surface area contributed by atoms with Crippen molar-refractivity contribution in [3.8, 4) is 11.5 Å². The summed E-state index contributed by atoms with van der Waals surface area (Å²) in [5, 5.41) is 0. The van der Waals surface area contributed by atoms with Crippen LogP contribution in [0.1, 0.15) is 35.1 Å². The normalized spacial score (nSPS) is 11.5. The lowest BCUT2D eigenvalue weighted by molar-refractivity contribution is 0.267. The fraction of sp³-hybridized carbons (Fsp3) is 0.182. The van der Waals surface area contributed by atoms with Crippen LogP contribution in [0.4, 0.5) is 11.4 Å². The monoisotopic (exact) mass is 760 g/mol. The Balaban J connectivity index is 1.15. The minimum atomic E-state index is -3.94. The lowest BCUT2D eigenvalue weighted by Crippen LogP contribution is -2.31. The summed E-state index contributed by atoms with van der Waals surface area (Å²) < 4.78 is 71.7. The number of para-hydroxylation sites is 4. The van der Waals surface area contributed by atoms with Gasteiger partial charge in [-0.15, -0.1) is 0 Å². The van der Waals surface area contributed by atoms with Gasteiger partial charge >= 0.3 is 0 Å². The molecule has 0 saturated heterocycles. The summed E-state index contributed by atoms with van der Waals surface area (Å²) >= 11 is 0. The van der Waals surface area contributed by atoms with Crippen molar-refractivity contribution >= 4 is 31.4 Å². The summed E-state index contributed by atoms with van der Waals surface area (Å²) in [6.45, 7) is 4.73. The molecular weight excluding hydrogens is 717 g/mol. The number of unbranched alkanes of at least 4 members (excludes halogenated alkanes) is 1. The molecule has 0 aliphatic carbocycles. The molecule has 6 aromatic carbocycles. The van der Waals surface area contributed by atoms with Crippen molar-refractivity contribution < 1.29 is 26.3 Å². The first kappa shape index (κ1) is 38.2. The topological polar surface area (TPSA) is 93.2 Å². The fourth-order valence-corrected chi connectivity index (χ4v) is 8.84. The minimum absolute atomic E-state index is 0.131. The molecule has 0 saturated carbocycles. The maximum atomic E-state index is 14.1. The second-order valence-electron chi connectivity index (χ2n) is 13.0. The molecule has 6 rings (SSSR count). The molecule has 0 radical (unpaired) electrons. The third-order valence-corrected chi connectivity index (χ3v) is 12.4. The van der Waals surface area contributed by atoms with Gasteiger partial charge in [-0.25, -0.2) is 16.8 Å². The summed E-state index contributed by atoms with van der Waals surface area (Å²) in [4.78, 5) is 0.399. The van der Waals surface area contributed by atoms with Crippen LogP contribution in [0.15, 0.2) is 168 Å². The molecule has 0 aliphatic heterocycles. The number of nitrogens with zero attached hydrogens (tertiary/aromatic N) is 2. The van der Waals surface area contributed by atoms with Crippen molar-refractivity contribution in [2.24, 2.45) is 0 Å². The first-order valence-electron chi connectivity index (χ1n) is 17.8. The van der Waals surface area contributed by atoms with E-state index in [1.165, 1.54) is 8.61 Å². The summed E-state index contributed by atoms with van der Waals surface area (Å²) in [5.41, 5.74) is 4.51. The van der Waals surface area contributed by atoms with E-state index < -0.39 is 20.0 Å². The van der Waals surface area contributed by atoms with Crippen molar-refractivity contribution in [3.05, 3.63) is 180 Å². The van der Waals surface area contributed by atoms with E-state index >= 15 is 0 Å². The smallest absolute Gasteiger partial charge is 0.264 e. The van der Waals surface area contributed by atoms with Crippen LogP contribution >= 0.6 is 0 Å². The predicted molar refractivity (Wildman–Crippen MR) is 215 cm³/mol. The first-order chi connectivity index (χ1) is 26.1. The molecule has 0 unspecified atom stereocenters. The van der Waals surface area contributed by atoms with E-state index in [0.29, 0.717) is 48.9 Å². The highest BCUT2D eigenvalue weighted by Gasteiger charge is 2.29. The molecule has 0 spiro atoms. The third kappa shape index (κ3) is 9.31. The Labute approximate surface area is 319 Å². The van der Waals surface area contributed by atoms with E-state index in [9.17, 15) is 16.8 Å². The number of rotatable bonds is 17.